The van der Waals surface area contributed by atoms with Gasteiger partial charge < -0.3 is 0 Å². The van der Waals surface area contributed by atoms with E-state index in [1.807, 2.05) is 54.8 Å². The second-order valence-electron chi connectivity index (χ2n) is 5.00. The third-order valence-corrected chi connectivity index (χ3v) is 4.85. The molecule has 0 radical (unpaired) electrons. The fourth-order valence-corrected chi connectivity index (χ4v) is 3.35. The highest BCUT2D eigenvalue weighted by Crippen LogP contribution is 2.30. The number of hydrogen-bond donors (Lipinski definition) is 0. The number of nitrogens with zero attached hydrogens (tertiary/aromatic N) is 1. The van der Waals surface area contributed by atoms with Crippen LogP contribution >= 0.6 is 22.9 Å². The van der Waals surface area contributed by atoms with Crippen molar-refractivity contribution in [2.75, 3.05) is 0 Å². The van der Waals surface area contributed by atoms with Crippen LogP contribution in [0.1, 0.15) is 28.2 Å². The molecular weight excluding hydrogens is 314 g/mol. The number of ketones is 1. The Morgan fingerprint density at radius 2 is 1.77 bits per heavy atom. The molecule has 0 saturated carbocycles. The number of halogens is 1. The number of Topliss-reactive ketones (excluding diaryl/α,β-unsaturated/α-hetero) is 1. The van der Waals surface area contributed by atoms with Crippen molar-refractivity contribution in [1.29, 1.82) is 0 Å². The number of benzene rings is 2. The lowest BCUT2D eigenvalue weighted by Gasteiger charge is -2.08. The Bertz CT molecular complexity index is 798. The molecule has 3 aromatic rings. The summed E-state index contributed by atoms with van der Waals surface area (Å²) in [7, 11) is 0. The lowest BCUT2D eigenvalue weighted by Crippen LogP contribution is -2.10. The van der Waals surface area contributed by atoms with E-state index in [2.05, 4.69) is 4.98 Å². The van der Waals surface area contributed by atoms with Crippen molar-refractivity contribution in [3.63, 3.8) is 0 Å². The molecule has 1 unspecified atom stereocenters. The van der Waals surface area contributed by atoms with E-state index in [0.717, 1.165) is 16.3 Å². The summed E-state index contributed by atoms with van der Waals surface area (Å²) in [4.78, 5) is 17.2. The Balaban J connectivity index is 1.87. The first kappa shape index (κ1) is 14.9. The fraction of sp³-hybridized carbons (Fsp3) is 0.111. The van der Waals surface area contributed by atoms with Gasteiger partial charge >= 0.3 is 0 Å². The van der Waals surface area contributed by atoms with Gasteiger partial charge in [-0.2, -0.15) is 0 Å². The zero-order valence-corrected chi connectivity index (χ0v) is 13.6. The van der Waals surface area contributed by atoms with Gasteiger partial charge in [-0.15, -0.1) is 11.3 Å². The summed E-state index contributed by atoms with van der Waals surface area (Å²) < 4.78 is 0. The van der Waals surface area contributed by atoms with E-state index in [-0.39, 0.29) is 11.7 Å². The summed E-state index contributed by atoms with van der Waals surface area (Å²) in [5.74, 6) is -0.304. The SMILES string of the molecule is CC(C(=O)c1ccccc1Cl)c1nc(-c2ccccc2)cs1. The summed E-state index contributed by atoms with van der Waals surface area (Å²) in [6.07, 6.45) is 0. The highest BCUT2D eigenvalue weighted by atomic mass is 35.5. The molecule has 0 aliphatic carbocycles. The minimum absolute atomic E-state index is 0.000406. The predicted octanol–water partition coefficient (Wildman–Crippen LogP) is 5.45. The van der Waals surface area contributed by atoms with E-state index < -0.39 is 0 Å². The Morgan fingerprint density at radius 1 is 1.09 bits per heavy atom. The summed E-state index contributed by atoms with van der Waals surface area (Å²) >= 11 is 7.62. The molecule has 3 rings (SSSR count). The smallest absolute Gasteiger partial charge is 0.173 e. The summed E-state index contributed by atoms with van der Waals surface area (Å²) in [6.45, 7) is 1.87. The molecule has 0 aliphatic rings. The normalized spacial score (nSPS) is 12.1. The maximum Gasteiger partial charge on any atom is 0.173 e. The van der Waals surface area contributed by atoms with Crippen LogP contribution in [0.4, 0.5) is 0 Å². The van der Waals surface area contributed by atoms with Gasteiger partial charge in [0.15, 0.2) is 5.78 Å². The molecule has 110 valence electrons. The Morgan fingerprint density at radius 3 is 2.50 bits per heavy atom. The van der Waals surface area contributed by atoms with Crippen LogP contribution < -0.4 is 0 Å². The first-order valence-corrected chi connectivity index (χ1v) is 8.22. The monoisotopic (exact) mass is 327 g/mol. The van der Waals surface area contributed by atoms with Crippen molar-refractivity contribution in [2.24, 2.45) is 0 Å². The minimum Gasteiger partial charge on any atom is -0.293 e. The second-order valence-corrected chi connectivity index (χ2v) is 6.30. The van der Waals surface area contributed by atoms with Crippen LogP contribution in [0.15, 0.2) is 60.0 Å². The highest BCUT2D eigenvalue weighted by molar-refractivity contribution is 7.10. The molecule has 1 aromatic heterocycles. The third kappa shape index (κ3) is 2.96. The van der Waals surface area contributed by atoms with E-state index in [1.54, 1.807) is 12.1 Å². The van der Waals surface area contributed by atoms with Crippen LogP contribution in [0.5, 0.6) is 0 Å². The average molecular weight is 328 g/mol. The maximum atomic E-state index is 12.6. The second kappa shape index (κ2) is 6.42. The van der Waals surface area contributed by atoms with Gasteiger partial charge in [0.25, 0.3) is 0 Å². The quantitative estimate of drug-likeness (QED) is 0.596. The van der Waals surface area contributed by atoms with E-state index in [4.69, 9.17) is 11.6 Å². The molecule has 1 heterocycles. The topological polar surface area (TPSA) is 30.0 Å². The number of carbonyl (C=O) groups excluding carboxylic acids is 1. The van der Waals surface area contributed by atoms with Crippen LogP contribution in [-0.4, -0.2) is 10.8 Å². The molecule has 0 bridgehead atoms. The predicted molar refractivity (Wildman–Crippen MR) is 91.7 cm³/mol. The molecule has 2 nitrogen and oxygen atoms in total. The molecule has 0 N–H and O–H groups in total. The molecule has 0 aliphatic heterocycles. The Labute approximate surface area is 138 Å². The third-order valence-electron chi connectivity index (χ3n) is 3.49. The van der Waals surface area contributed by atoms with Crippen molar-refractivity contribution in [3.05, 3.63) is 75.6 Å². The minimum atomic E-state index is -0.303. The first-order chi connectivity index (χ1) is 10.7. The zero-order valence-electron chi connectivity index (χ0n) is 12.0. The molecule has 2 aromatic carbocycles. The van der Waals surface area contributed by atoms with Crippen LogP contribution in [-0.2, 0) is 0 Å². The van der Waals surface area contributed by atoms with Gasteiger partial charge in [0, 0.05) is 16.5 Å². The highest BCUT2D eigenvalue weighted by Gasteiger charge is 2.22. The van der Waals surface area contributed by atoms with E-state index in [9.17, 15) is 4.79 Å². The van der Waals surface area contributed by atoms with Crippen LogP contribution in [0.3, 0.4) is 0 Å². The maximum absolute atomic E-state index is 12.6. The average Bonchev–Trinajstić information content (AvgIpc) is 3.05. The molecule has 0 spiro atoms. The van der Waals surface area contributed by atoms with Crippen molar-refractivity contribution in [2.45, 2.75) is 12.8 Å². The van der Waals surface area contributed by atoms with Crippen molar-refractivity contribution < 1.29 is 4.79 Å². The van der Waals surface area contributed by atoms with Crippen molar-refractivity contribution in [1.82, 2.24) is 4.98 Å². The molecule has 1 atom stereocenters. The molecular formula is C18H14ClNOS. The van der Waals surface area contributed by atoms with Gasteiger partial charge in [0.2, 0.25) is 0 Å². The van der Waals surface area contributed by atoms with Crippen LogP contribution in [0, 0.1) is 0 Å². The van der Waals surface area contributed by atoms with Gasteiger partial charge in [-0.3, -0.25) is 4.79 Å². The van der Waals surface area contributed by atoms with Gasteiger partial charge in [-0.05, 0) is 19.1 Å². The lowest BCUT2D eigenvalue weighted by molar-refractivity contribution is 0.0966. The Hall–Kier alpha value is -1.97. The Kier molecular flexibility index (Phi) is 4.36. The molecule has 22 heavy (non-hydrogen) atoms. The summed E-state index contributed by atoms with van der Waals surface area (Å²) in [6, 6.07) is 17.1. The first-order valence-electron chi connectivity index (χ1n) is 6.96. The van der Waals surface area contributed by atoms with E-state index in [0.29, 0.717) is 10.6 Å². The number of thiazole rings is 1. The standard InChI is InChI=1S/C18H14ClNOS/c1-12(17(21)14-9-5-6-10-15(14)19)18-20-16(11-22-18)13-7-3-2-4-8-13/h2-12H,1H3. The molecule has 0 amide bonds. The molecule has 4 heteroatoms. The van der Waals surface area contributed by atoms with Crippen molar-refractivity contribution in [3.8, 4) is 11.3 Å². The number of hydrogen-bond acceptors (Lipinski definition) is 3. The fourth-order valence-electron chi connectivity index (χ4n) is 2.23. The molecule has 0 saturated heterocycles. The number of carbonyl (C=O) groups is 1. The van der Waals surface area contributed by atoms with Crippen LogP contribution in [0.2, 0.25) is 5.02 Å². The van der Waals surface area contributed by atoms with Gasteiger partial charge in [0.1, 0.15) is 5.01 Å². The number of rotatable bonds is 4. The summed E-state index contributed by atoms with van der Waals surface area (Å²) in [5, 5.41) is 3.28. The lowest BCUT2D eigenvalue weighted by atomic mass is 10.00. The zero-order chi connectivity index (χ0) is 15.5. The molecule has 0 fully saturated rings. The van der Waals surface area contributed by atoms with Gasteiger partial charge in [-0.25, -0.2) is 4.98 Å². The van der Waals surface area contributed by atoms with Crippen LogP contribution in [0.25, 0.3) is 11.3 Å². The van der Waals surface area contributed by atoms with Gasteiger partial charge in [0.05, 0.1) is 16.6 Å². The number of aromatic nitrogens is 1. The van der Waals surface area contributed by atoms with E-state index in [1.165, 1.54) is 11.3 Å². The van der Waals surface area contributed by atoms with Gasteiger partial charge in [-0.1, -0.05) is 54.1 Å². The van der Waals surface area contributed by atoms with Crippen molar-refractivity contribution >= 4 is 28.7 Å². The largest absolute Gasteiger partial charge is 0.293 e. The summed E-state index contributed by atoms with van der Waals surface area (Å²) in [5.41, 5.74) is 2.51. The van der Waals surface area contributed by atoms with E-state index >= 15 is 0 Å².